The molecule has 1 amide bonds. The summed E-state index contributed by atoms with van der Waals surface area (Å²) in [7, 11) is 1.28. The molecule has 0 spiro atoms. The standard InChI is InChI=1S/C19H17N5O3/c1-27-19(26)14-4-2-3-5-15(14)24-18(25)16-10-17(23-12-22-16)21-11-13-6-8-20-9-7-13/h2-10,12H,11H2,1H3,(H,24,25)(H,21,22,23). The van der Waals surface area contributed by atoms with Crippen molar-refractivity contribution < 1.29 is 14.3 Å². The van der Waals surface area contributed by atoms with E-state index in [0.29, 0.717) is 18.1 Å². The SMILES string of the molecule is COC(=O)c1ccccc1NC(=O)c1cc(NCc2ccncc2)ncn1. The van der Waals surface area contributed by atoms with E-state index in [9.17, 15) is 9.59 Å². The maximum atomic E-state index is 12.5. The van der Waals surface area contributed by atoms with E-state index >= 15 is 0 Å². The van der Waals surface area contributed by atoms with Crippen LogP contribution >= 0.6 is 0 Å². The quantitative estimate of drug-likeness (QED) is 0.648. The van der Waals surface area contributed by atoms with Gasteiger partial charge in [0.25, 0.3) is 5.91 Å². The summed E-state index contributed by atoms with van der Waals surface area (Å²) < 4.78 is 4.73. The molecule has 1 aromatic carbocycles. The molecule has 0 fully saturated rings. The van der Waals surface area contributed by atoms with Crippen molar-refractivity contribution in [3.63, 3.8) is 0 Å². The molecule has 0 atom stereocenters. The second kappa shape index (κ2) is 8.52. The highest BCUT2D eigenvalue weighted by Crippen LogP contribution is 2.17. The number of amides is 1. The van der Waals surface area contributed by atoms with Crippen molar-refractivity contribution in [3.05, 3.63) is 78.0 Å². The highest BCUT2D eigenvalue weighted by Gasteiger charge is 2.15. The molecule has 0 aliphatic carbocycles. The Labute approximate surface area is 155 Å². The number of nitrogens with zero attached hydrogens (tertiary/aromatic N) is 3. The van der Waals surface area contributed by atoms with E-state index in [1.807, 2.05) is 12.1 Å². The summed E-state index contributed by atoms with van der Waals surface area (Å²) in [5, 5.41) is 5.80. The maximum absolute atomic E-state index is 12.5. The molecule has 0 radical (unpaired) electrons. The highest BCUT2D eigenvalue weighted by molar-refractivity contribution is 6.07. The number of aromatic nitrogens is 3. The van der Waals surface area contributed by atoms with Gasteiger partial charge in [-0.05, 0) is 29.8 Å². The molecule has 0 saturated carbocycles. The third kappa shape index (κ3) is 4.63. The number of carbonyl (C=O) groups excluding carboxylic acids is 2. The lowest BCUT2D eigenvalue weighted by Gasteiger charge is -2.10. The minimum absolute atomic E-state index is 0.168. The fourth-order valence-corrected chi connectivity index (χ4v) is 2.34. The van der Waals surface area contributed by atoms with Crippen molar-refractivity contribution in [2.75, 3.05) is 17.7 Å². The zero-order chi connectivity index (χ0) is 19.1. The molecule has 8 heteroatoms. The number of benzene rings is 1. The first kappa shape index (κ1) is 18.0. The lowest BCUT2D eigenvalue weighted by atomic mass is 10.1. The van der Waals surface area contributed by atoms with Crippen molar-refractivity contribution in [1.29, 1.82) is 0 Å². The molecule has 0 unspecified atom stereocenters. The van der Waals surface area contributed by atoms with E-state index in [1.54, 1.807) is 36.7 Å². The number of pyridine rings is 1. The number of hydrogen-bond donors (Lipinski definition) is 2. The molecule has 3 aromatic rings. The van der Waals surface area contributed by atoms with Crippen LogP contribution in [0.5, 0.6) is 0 Å². The van der Waals surface area contributed by atoms with Crippen molar-refractivity contribution in [1.82, 2.24) is 15.0 Å². The van der Waals surface area contributed by atoms with Crippen molar-refractivity contribution >= 4 is 23.4 Å². The second-order valence-corrected chi connectivity index (χ2v) is 5.49. The maximum Gasteiger partial charge on any atom is 0.339 e. The molecule has 2 heterocycles. The van der Waals surface area contributed by atoms with Gasteiger partial charge in [0.05, 0.1) is 18.4 Å². The van der Waals surface area contributed by atoms with Gasteiger partial charge in [0.2, 0.25) is 0 Å². The van der Waals surface area contributed by atoms with Crippen LogP contribution in [0.25, 0.3) is 0 Å². The summed E-state index contributed by atoms with van der Waals surface area (Å²) in [4.78, 5) is 36.4. The van der Waals surface area contributed by atoms with Gasteiger partial charge in [0.1, 0.15) is 17.8 Å². The zero-order valence-electron chi connectivity index (χ0n) is 14.5. The number of ether oxygens (including phenoxy) is 1. The van der Waals surface area contributed by atoms with Gasteiger partial charge in [-0.1, -0.05) is 12.1 Å². The number of esters is 1. The van der Waals surface area contributed by atoms with E-state index in [2.05, 4.69) is 25.6 Å². The van der Waals surface area contributed by atoms with Crippen LogP contribution in [-0.4, -0.2) is 33.9 Å². The third-order valence-electron chi connectivity index (χ3n) is 3.70. The van der Waals surface area contributed by atoms with E-state index in [-0.39, 0.29) is 11.3 Å². The first-order valence-corrected chi connectivity index (χ1v) is 8.11. The smallest absolute Gasteiger partial charge is 0.339 e. The number of anilines is 2. The monoisotopic (exact) mass is 363 g/mol. The van der Waals surface area contributed by atoms with E-state index < -0.39 is 11.9 Å². The topological polar surface area (TPSA) is 106 Å². The summed E-state index contributed by atoms with van der Waals surface area (Å²) >= 11 is 0. The highest BCUT2D eigenvalue weighted by atomic mass is 16.5. The molecule has 3 rings (SSSR count). The van der Waals surface area contributed by atoms with Crippen LogP contribution in [0.2, 0.25) is 0 Å². The minimum Gasteiger partial charge on any atom is -0.465 e. The van der Waals surface area contributed by atoms with Gasteiger partial charge < -0.3 is 15.4 Å². The molecule has 2 aromatic heterocycles. The van der Waals surface area contributed by atoms with Crippen LogP contribution in [0, 0.1) is 0 Å². The van der Waals surface area contributed by atoms with Crippen molar-refractivity contribution in [3.8, 4) is 0 Å². The number of nitrogens with one attached hydrogen (secondary N) is 2. The predicted octanol–water partition coefficient (Wildman–Crippen LogP) is 2.52. The van der Waals surface area contributed by atoms with Gasteiger partial charge in [-0.25, -0.2) is 14.8 Å². The largest absolute Gasteiger partial charge is 0.465 e. The number of para-hydroxylation sites is 1. The zero-order valence-corrected chi connectivity index (χ0v) is 14.5. The molecule has 136 valence electrons. The molecule has 0 aliphatic rings. The van der Waals surface area contributed by atoms with Gasteiger partial charge >= 0.3 is 5.97 Å². The molecule has 27 heavy (non-hydrogen) atoms. The molecule has 8 nitrogen and oxygen atoms in total. The number of hydrogen-bond acceptors (Lipinski definition) is 7. The third-order valence-corrected chi connectivity index (χ3v) is 3.70. The van der Waals surface area contributed by atoms with E-state index in [1.165, 1.54) is 19.5 Å². The van der Waals surface area contributed by atoms with Gasteiger partial charge in [-0.3, -0.25) is 9.78 Å². The Morgan fingerprint density at radius 2 is 1.85 bits per heavy atom. The van der Waals surface area contributed by atoms with E-state index in [4.69, 9.17) is 4.74 Å². The van der Waals surface area contributed by atoms with Crippen LogP contribution in [0.1, 0.15) is 26.4 Å². The lowest BCUT2D eigenvalue weighted by molar-refractivity contribution is 0.0602. The average molecular weight is 363 g/mol. The number of carbonyl (C=O) groups is 2. The summed E-state index contributed by atoms with van der Waals surface area (Å²) in [6.45, 7) is 0.533. The Morgan fingerprint density at radius 1 is 1.07 bits per heavy atom. The fourth-order valence-electron chi connectivity index (χ4n) is 2.34. The minimum atomic E-state index is -0.534. The Kier molecular flexibility index (Phi) is 5.68. The first-order chi connectivity index (χ1) is 13.2. The normalized spacial score (nSPS) is 10.1. The summed E-state index contributed by atoms with van der Waals surface area (Å²) in [5.41, 5.74) is 1.81. The number of rotatable bonds is 6. The Bertz CT molecular complexity index is 947. The van der Waals surface area contributed by atoms with Crippen LogP contribution in [-0.2, 0) is 11.3 Å². The van der Waals surface area contributed by atoms with E-state index in [0.717, 1.165) is 5.56 Å². The van der Waals surface area contributed by atoms with Crippen LogP contribution in [0.3, 0.4) is 0 Å². The molecule has 0 saturated heterocycles. The Balaban J connectivity index is 1.72. The van der Waals surface area contributed by atoms with Gasteiger partial charge in [-0.2, -0.15) is 0 Å². The molecular formula is C19H17N5O3. The molecule has 0 aliphatic heterocycles. The van der Waals surface area contributed by atoms with Crippen molar-refractivity contribution in [2.45, 2.75) is 6.54 Å². The summed E-state index contributed by atoms with van der Waals surface area (Å²) in [6, 6.07) is 11.9. The first-order valence-electron chi connectivity index (χ1n) is 8.11. The Hall–Kier alpha value is -3.81. The predicted molar refractivity (Wildman–Crippen MR) is 99.3 cm³/mol. The molecular weight excluding hydrogens is 346 g/mol. The second-order valence-electron chi connectivity index (χ2n) is 5.49. The average Bonchev–Trinajstić information content (AvgIpc) is 2.73. The van der Waals surface area contributed by atoms with Crippen molar-refractivity contribution in [2.24, 2.45) is 0 Å². The van der Waals surface area contributed by atoms with Crippen LogP contribution in [0.15, 0.2) is 61.2 Å². The fraction of sp³-hybridized carbons (Fsp3) is 0.105. The van der Waals surface area contributed by atoms with Gasteiger partial charge in [-0.15, -0.1) is 0 Å². The molecule has 0 bridgehead atoms. The van der Waals surface area contributed by atoms with Gasteiger partial charge in [0, 0.05) is 25.0 Å². The number of methoxy groups -OCH3 is 1. The summed E-state index contributed by atoms with van der Waals surface area (Å²) in [6.07, 6.45) is 4.71. The van der Waals surface area contributed by atoms with Crippen LogP contribution in [0.4, 0.5) is 11.5 Å². The summed E-state index contributed by atoms with van der Waals surface area (Å²) in [5.74, 6) is -0.484. The van der Waals surface area contributed by atoms with Gasteiger partial charge in [0.15, 0.2) is 0 Å². The Morgan fingerprint density at radius 3 is 2.63 bits per heavy atom. The molecule has 2 N–H and O–H groups in total. The lowest BCUT2D eigenvalue weighted by Crippen LogP contribution is -2.17. The van der Waals surface area contributed by atoms with Crippen LogP contribution < -0.4 is 10.6 Å².